The summed E-state index contributed by atoms with van der Waals surface area (Å²) in [4.78, 5) is 19.3. The first-order valence-corrected chi connectivity index (χ1v) is 5.65. The molecule has 0 aliphatic rings. The molecule has 19 heavy (non-hydrogen) atoms. The van der Waals surface area contributed by atoms with Gasteiger partial charge in [0.15, 0.2) is 5.82 Å². The van der Waals surface area contributed by atoms with Gasteiger partial charge >= 0.3 is 0 Å². The predicted molar refractivity (Wildman–Crippen MR) is 65.3 cm³/mol. The third kappa shape index (κ3) is 3.80. The maximum absolute atomic E-state index is 13.3. The second kappa shape index (κ2) is 5.99. The third-order valence-electron chi connectivity index (χ3n) is 2.47. The van der Waals surface area contributed by atoms with Gasteiger partial charge in [0.25, 0.3) is 0 Å². The highest BCUT2D eigenvalue weighted by atomic mass is 19.1. The summed E-state index contributed by atoms with van der Waals surface area (Å²) >= 11 is 0. The normalized spacial score (nSPS) is 10.2. The molecule has 0 spiro atoms. The molecular formula is C13H11F2N3O. The number of carbonyl (C=O) groups excluding carboxylic acids is 1. The smallest absolute Gasteiger partial charge is 0.225 e. The lowest BCUT2D eigenvalue weighted by atomic mass is 10.1. The molecule has 1 heterocycles. The average Bonchev–Trinajstić information content (AvgIpc) is 2.39. The Balaban J connectivity index is 1.90. The Bertz CT molecular complexity index is 575. The number of hydrogen-bond donors (Lipinski definition) is 1. The number of amides is 1. The number of nitrogens with zero attached hydrogens (tertiary/aromatic N) is 2. The molecule has 0 aliphatic carbocycles. The zero-order valence-corrected chi connectivity index (χ0v) is 9.94. The van der Waals surface area contributed by atoms with Crippen molar-refractivity contribution in [3.63, 3.8) is 0 Å². The van der Waals surface area contributed by atoms with Gasteiger partial charge in [-0.3, -0.25) is 9.78 Å². The van der Waals surface area contributed by atoms with E-state index in [0.29, 0.717) is 11.4 Å². The zero-order chi connectivity index (χ0) is 13.7. The summed E-state index contributed by atoms with van der Waals surface area (Å²) in [5.41, 5.74) is 0.302. The Hall–Kier alpha value is -2.37. The molecule has 0 bridgehead atoms. The number of rotatable bonds is 4. The molecule has 2 rings (SSSR count). The molecule has 4 nitrogen and oxygen atoms in total. The monoisotopic (exact) mass is 263 g/mol. The van der Waals surface area contributed by atoms with E-state index in [9.17, 15) is 13.6 Å². The molecule has 1 aromatic heterocycles. The number of halogens is 2. The van der Waals surface area contributed by atoms with Crippen molar-refractivity contribution in [3.8, 4) is 0 Å². The summed E-state index contributed by atoms with van der Waals surface area (Å²) in [6, 6.07) is 3.30. The Morgan fingerprint density at radius 3 is 2.79 bits per heavy atom. The molecule has 0 atom stereocenters. The maximum Gasteiger partial charge on any atom is 0.225 e. The number of nitrogens with one attached hydrogen (secondary N) is 1. The SMILES string of the molecule is O=C(CCc1ccc(F)cc1F)Nc1cnccn1. The largest absolute Gasteiger partial charge is 0.309 e. The van der Waals surface area contributed by atoms with Gasteiger partial charge < -0.3 is 5.32 Å². The van der Waals surface area contributed by atoms with E-state index in [4.69, 9.17) is 0 Å². The van der Waals surface area contributed by atoms with Crippen LogP contribution in [0.4, 0.5) is 14.6 Å². The number of aryl methyl sites for hydroxylation is 1. The van der Waals surface area contributed by atoms with Gasteiger partial charge in [-0.15, -0.1) is 0 Å². The Morgan fingerprint density at radius 1 is 1.26 bits per heavy atom. The first-order valence-electron chi connectivity index (χ1n) is 5.65. The van der Waals surface area contributed by atoms with Gasteiger partial charge in [0, 0.05) is 24.9 Å². The summed E-state index contributed by atoms with van der Waals surface area (Å²) in [7, 11) is 0. The second-order valence-electron chi connectivity index (χ2n) is 3.87. The fourth-order valence-electron chi connectivity index (χ4n) is 1.54. The highest BCUT2D eigenvalue weighted by molar-refractivity contribution is 5.89. The topological polar surface area (TPSA) is 54.9 Å². The minimum absolute atomic E-state index is 0.0825. The predicted octanol–water partition coefficient (Wildman–Crippen LogP) is 2.33. The van der Waals surface area contributed by atoms with Crippen LogP contribution >= 0.6 is 0 Å². The summed E-state index contributed by atoms with van der Waals surface area (Å²) in [6.45, 7) is 0. The summed E-state index contributed by atoms with van der Waals surface area (Å²) in [5, 5.41) is 2.53. The summed E-state index contributed by atoms with van der Waals surface area (Å²) in [6.07, 6.45) is 4.63. The van der Waals surface area contributed by atoms with Crippen LogP contribution in [0.25, 0.3) is 0 Å². The summed E-state index contributed by atoms with van der Waals surface area (Å²) < 4.78 is 26.0. The molecule has 2 aromatic rings. The molecule has 0 unspecified atom stereocenters. The van der Waals surface area contributed by atoms with Crippen LogP contribution in [0.3, 0.4) is 0 Å². The molecule has 0 aliphatic heterocycles. The van der Waals surface area contributed by atoms with Crippen molar-refractivity contribution in [2.75, 3.05) is 5.32 Å². The lowest BCUT2D eigenvalue weighted by Crippen LogP contribution is -2.13. The van der Waals surface area contributed by atoms with Gasteiger partial charge in [0.2, 0.25) is 5.91 Å². The number of hydrogen-bond acceptors (Lipinski definition) is 3. The van der Waals surface area contributed by atoms with Crippen LogP contribution < -0.4 is 5.32 Å². The molecule has 0 radical (unpaired) electrons. The standard InChI is InChI=1S/C13H11F2N3O/c14-10-3-1-9(11(15)7-10)2-4-13(19)18-12-8-16-5-6-17-12/h1,3,5-8H,2,4H2,(H,17,18,19). The summed E-state index contributed by atoms with van der Waals surface area (Å²) in [5.74, 6) is -1.24. The van der Waals surface area contributed by atoms with Crippen molar-refractivity contribution in [1.82, 2.24) is 9.97 Å². The van der Waals surface area contributed by atoms with Gasteiger partial charge in [-0.2, -0.15) is 0 Å². The van der Waals surface area contributed by atoms with Crippen molar-refractivity contribution in [2.45, 2.75) is 12.8 Å². The molecule has 0 saturated carbocycles. The lowest BCUT2D eigenvalue weighted by molar-refractivity contribution is -0.116. The van der Waals surface area contributed by atoms with Crippen molar-refractivity contribution in [3.05, 3.63) is 54.0 Å². The van der Waals surface area contributed by atoms with E-state index < -0.39 is 11.6 Å². The fourth-order valence-corrected chi connectivity index (χ4v) is 1.54. The number of carbonyl (C=O) groups is 1. The van der Waals surface area contributed by atoms with E-state index in [-0.39, 0.29) is 18.7 Å². The number of benzene rings is 1. The number of anilines is 1. The molecule has 6 heteroatoms. The van der Waals surface area contributed by atoms with E-state index in [1.807, 2.05) is 0 Å². The van der Waals surface area contributed by atoms with Gasteiger partial charge in [-0.1, -0.05) is 6.07 Å². The van der Waals surface area contributed by atoms with E-state index in [1.54, 1.807) is 0 Å². The van der Waals surface area contributed by atoms with Crippen LogP contribution in [-0.2, 0) is 11.2 Å². The molecule has 0 fully saturated rings. The van der Waals surface area contributed by atoms with Crippen molar-refractivity contribution in [2.24, 2.45) is 0 Å². The van der Waals surface area contributed by atoms with Crippen LogP contribution in [0.1, 0.15) is 12.0 Å². The van der Waals surface area contributed by atoms with Crippen LogP contribution in [0.2, 0.25) is 0 Å². The zero-order valence-electron chi connectivity index (χ0n) is 9.94. The van der Waals surface area contributed by atoms with Gasteiger partial charge in [0.05, 0.1) is 6.20 Å². The van der Waals surface area contributed by atoms with E-state index in [0.717, 1.165) is 6.07 Å². The molecule has 1 N–H and O–H groups in total. The molecule has 98 valence electrons. The van der Waals surface area contributed by atoms with Crippen LogP contribution in [0.15, 0.2) is 36.8 Å². The van der Waals surface area contributed by atoms with E-state index in [2.05, 4.69) is 15.3 Å². The van der Waals surface area contributed by atoms with Crippen molar-refractivity contribution < 1.29 is 13.6 Å². The fraction of sp³-hybridized carbons (Fsp3) is 0.154. The number of aromatic nitrogens is 2. The van der Waals surface area contributed by atoms with Gasteiger partial charge in [-0.25, -0.2) is 13.8 Å². The first-order chi connectivity index (χ1) is 9.15. The minimum Gasteiger partial charge on any atom is -0.309 e. The molecular weight excluding hydrogens is 252 g/mol. The minimum atomic E-state index is -0.646. The lowest BCUT2D eigenvalue weighted by Gasteiger charge is -2.04. The van der Waals surface area contributed by atoms with Crippen molar-refractivity contribution >= 4 is 11.7 Å². The Labute approximate surface area is 108 Å². The average molecular weight is 263 g/mol. The Morgan fingerprint density at radius 2 is 2.11 bits per heavy atom. The maximum atomic E-state index is 13.3. The van der Waals surface area contributed by atoms with E-state index >= 15 is 0 Å². The first kappa shape index (κ1) is 13.1. The Kier molecular flexibility index (Phi) is 4.12. The molecule has 0 saturated heterocycles. The van der Waals surface area contributed by atoms with E-state index in [1.165, 1.54) is 30.7 Å². The third-order valence-corrected chi connectivity index (χ3v) is 2.47. The van der Waals surface area contributed by atoms with Crippen LogP contribution in [0.5, 0.6) is 0 Å². The highest BCUT2D eigenvalue weighted by Gasteiger charge is 2.08. The highest BCUT2D eigenvalue weighted by Crippen LogP contribution is 2.12. The van der Waals surface area contributed by atoms with Crippen LogP contribution in [0, 0.1) is 11.6 Å². The van der Waals surface area contributed by atoms with Crippen LogP contribution in [-0.4, -0.2) is 15.9 Å². The second-order valence-corrected chi connectivity index (χ2v) is 3.87. The molecule has 1 amide bonds. The quantitative estimate of drug-likeness (QED) is 0.921. The van der Waals surface area contributed by atoms with Gasteiger partial charge in [0.1, 0.15) is 11.6 Å². The molecule has 1 aromatic carbocycles. The van der Waals surface area contributed by atoms with Crippen molar-refractivity contribution in [1.29, 1.82) is 0 Å². The van der Waals surface area contributed by atoms with Gasteiger partial charge in [-0.05, 0) is 18.1 Å².